The van der Waals surface area contributed by atoms with E-state index in [9.17, 15) is 4.39 Å². The summed E-state index contributed by atoms with van der Waals surface area (Å²) in [7, 11) is 0. The minimum atomic E-state index is -0.563. The van der Waals surface area contributed by atoms with Gasteiger partial charge in [0.2, 0.25) is 0 Å². The van der Waals surface area contributed by atoms with Crippen molar-refractivity contribution in [1.82, 2.24) is 0 Å². The van der Waals surface area contributed by atoms with Crippen molar-refractivity contribution >= 4 is 11.8 Å². The quantitative estimate of drug-likeness (QED) is 0.682. The molecule has 1 rings (SSSR count). The molecule has 0 aliphatic rings. The van der Waals surface area contributed by atoms with Gasteiger partial charge in [-0.25, -0.2) is 4.39 Å². The second-order valence-electron chi connectivity index (χ2n) is 1.82. The van der Waals surface area contributed by atoms with Crippen LogP contribution in [0.2, 0.25) is 0 Å². The van der Waals surface area contributed by atoms with Crippen LogP contribution in [0, 0.1) is 5.82 Å². The van der Waals surface area contributed by atoms with E-state index in [2.05, 4.69) is 0 Å². The standard InChI is InChI=1S/C7H7FOS.C2H6/c1-10-5-2-3-7(9)6(8)4-5;1-2/h2-4,9H,1H3;1-2H3. The van der Waals surface area contributed by atoms with E-state index in [-0.39, 0.29) is 5.75 Å². The highest BCUT2D eigenvalue weighted by molar-refractivity contribution is 7.98. The van der Waals surface area contributed by atoms with Crippen molar-refractivity contribution < 1.29 is 9.50 Å². The van der Waals surface area contributed by atoms with Gasteiger partial charge >= 0.3 is 0 Å². The van der Waals surface area contributed by atoms with Crippen LogP contribution in [0.4, 0.5) is 4.39 Å². The van der Waals surface area contributed by atoms with Gasteiger partial charge in [-0.15, -0.1) is 11.8 Å². The van der Waals surface area contributed by atoms with Crippen LogP contribution < -0.4 is 0 Å². The zero-order valence-corrected chi connectivity index (χ0v) is 8.28. The summed E-state index contributed by atoms with van der Waals surface area (Å²) in [6, 6.07) is 4.32. The first kappa shape index (κ1) is 11.3. The van der Waals surface area contributed by atoms with Crippen molar-refractivity contribution in [3.05, 3.63) is 24.0 Å². The molecule has 0 radical (unpaired) electrons. The number of phenolic OH excluding ortho intramolecular Hbond substituents is 1. The van der Waals surface area contributed by atoms with Gasteiger partial charge in [0.15, 0.2) is 11.6 Å². The summed E-state index contributed by atoms with van der Waals surface area (Å²) >= 11 is 1.44. The molecular weight excluding hydrogens is 175 g/mol. The average molecular weight is 188 g/mol. The Kier molecular flexibility index (Phi) is 5.54. The lowest BCUT2D eigenvalue weighted by Gasteiger charge is -1.96. The molecule has 12 heavy (non-hydrogen) atoms. The van der Waals surface area contributed by atoms with Crippen LogP contribution in [-0.4, -0.2) is 11.4 Å². The minimum absolute atomic E-state index is 0.294. The number of benzene rings is 1. The highest BCUT2D eigenvalue weighted by Gasteiger charge is 1.98. The number of hydrogen-bond acceptors (Lipinski definition) is 2. The second kappa shape index (κ2) is 5.89. The molecule has 1 N–H and O–H groups in total. The van der Waals surface area contributed by atoms with Gasteiger partial charge in [0.25, 0.3) is 0 Å². The molecule has 0 aliphatic heterocycles. The van der Waals surface area contributed by atoms with Crippen LogP contribution in [0.25, 0.3) is 0 Å². The lowest BCUT2D eigenvalue weighted by molar-refractivity contribution is 0.431. The number of rotatable bonds is 1. The van der Waals surface area contributed by atoms with Crippen LogP contribution in [0.1, 0.15) is 13.8 Å². The molecule has 0 heterocycles. The molecule has 0 aliphatic carbocycles. The summed E-state index contributed by atoms with van der Waals surface area (Å²) in [5, 5.41) is 8.75. The molecule has 0 unspecified atom stereocenters. The maximum atomic E-state index is 12.5. The summed E-state index contributed by atoms with van der Waals surface area (Å²) < 4.78 is 12.5. The predicted molar refractivity (Wildman–Crippen MR) is 51.2 cm³/mol. The van der Waals surface area contributed by atoms with Gasteiger partial charge in [-0.05, 0) is 24.5 Å². The highest BCUT2D eigenvalue weighted by Crippen LogP contribution is 2.21. The van der Waals surface area contributed by atoms with Gasteiger partial charge in [-0.3, -0.25) is 0 Å². The van der Waals surface area contributed by atoms with E-state index in [4.69, 9.17) is 5.11 Å². The number of halogens is 1. The summed E-state index contributed by atoms with van der Waals surface area (Å²) in [6.07, 6.45) is 1.85. The summed E-state index contributed by atoms with van der Waals surface area (Å²) in [5.74, 6) is -0.857. The Hall–Kier alpha value is -0.700. The average Bonchev–Trinajstić information content (AvgIpc) is 2.13. The Morgan fingerprint density at radius 2 is 1.92 bits per heavy atom. The molecule has 68 valence electrons. The first-order valence-corrected chi connectivity index (χ1v) is 4.99. The minimum Gasteiger partial charge on any atom is -0.505 e. The number of phenols is 1. The van der Waals surface area contributed by atoms with Crippen LogP contribution in [0.5, 0.6) is 5.75 Å². The lowest BCUT2D eigenvalue weighted by atomic mass is 10.3. The van der Waals surface area contributed by atoms with Crippen molar-refractivity contribution in [2.45, 2.75) is 18.7 Å². The number of hydrogen-bond donors (Lipinski definition) is 1. The molecule has 1 aromatic rings. The van der Waals surface area contributed by atoms with E-state index in [1.54, 1.807) is 6.07 Å². The third-order valence-corrected chi connectivity index (χ3v) is 1.88. The van der Waals surface area contributed by atoms with Gasteiger partial charge in [0, 0.05) is 4.90 Å². The van der Waals surface area contributed by atoms with E-state index in [1.807, 2.05) is 20.1 Å². The van der Waals surface area contributed by atoms with Gasteiger partial charge in [-0.1, -0.05) is 13.8 Å². The van der Waals surface area contributed by atoms with E-state index in [0.29, 0.717) is 0 Å². The van der Waals surface area contributed by atoms with Crippen LogP contribution in [0.15, 0.2) is 23.1 Å². The summed E-state index contributed by atoms with van der Waals surface area (Å²) in [4.78, 5) is 0.815. The molecule has 0 atom stereocenters. The fourth-order valence-electron chi connectivity index (χ4n) is 0.615. The van der Waals surface area contributed by atoms with Gasteiger partial charge < -0.3 is 5.11 Å². The highest BCUT2D eigenvalue weighted by atomic mass is 32.2. The lowest BCUT2D eigenvalue weighted by Crippen LogP contribution is -1.75. The molecule has 0 bridgehead atoms. The second-order valence-corrected chi connectivity index (χ2v) is 2.70. The van der Waals surface area contributed by atoms with E-state index < -0.39 is 5.82 Å². The fraction of sp³-hybridized carbons (Fsp3) is 0.333. The third-order valence-electron chi connectivity index (χ3n) is 1.15. The van der Waals surface area contributed by atoms with Gasteiger partial charge in [0.05, 0.1) is 0 Å². The predicted octanol–water partition coefficient (Wildman–Crippen LogP) is 3.28. The number of aromatic hydroxyl groups is 1. The SMILES string of the molecule is CC.CSc1ccc(O)c(F)c1. The molecule has 0 saturated heterocycles. The smallest absolute Gasteiger partial charge is 0.165 e. The van der Waals surface area contributed by atoms with Gasteiger partial charge in [0.1, 0.15) is 0 Å². The Morgan fingerprint density at radius 1 is 1.33 bits per heavy atom. The Labute approximate surface area is 76.6 Å². The van der Waals surface area contributed by atoms with Crippen LogP contribution in [-0.2, 0) is 0 Å². The van der Waals surface area contributed by atoms with Crippen molar-refractivity contribution in [2.24, 2.45) is 0 Å². The molecule has 0 aromatic heterocycles. The summed E-state index contributed by atoms with van der Waals surface area (Å²) in [5.41, 5.74) is 0. The van der Waals surface area contributed by atoms with Crippen molar-refractivity contribution in [2.75, 3.05) is 6.26 Å². The van der Waals surface area contributed by atoms with Crippen molar-refractivity contribution in [3.63, 3.8) is 0 Å². The van der Waals surface area contributed by atoms with E-state index >= 15 is 0 Å². The van der Waals surface area contributed by atoms with Gasteiger partial charge in [-0.2, -0.15) is 0 Å². The fourth-order valence-corrected chi connectivity index (χ4v) is 1.04. The maximum Gasteiger partial charge on any atom is 0.165 e. The molecule has 1 aromatic carbocycles. The Balaban J connectivity index is 0.000000561. The summed E-state index contributed by atoms with van der Waals surface area (Å²) in [6.45, 7) is 4.00. The third kappa shape index (κ3) is 3.13. The number of thioether (sulfide) groups is 1. The maximum absolute atomic E-state index is 12.5. The molecular formula is C9H13FOS. The monoisotopic (exact) mass is 188 g/mol. The van der Waals surface area contributed by atoms with Crippen molar-refractivity contribution in [3.8, 4) is 5.75 Å². The molecule has 0 amide bonds. The molecule has 0 spiro atoms. The van der Waals surface area contributed by atoms with E-state index in [0.717, 1.165) is 4.90 Å². The Morgan fingerprint density at radius 3 is 2.33 bits per heavy atom. The van der Waals surface area contributed by atoms with Crippen LogP contribution >= 0.6 is 11.8 Å². The molecule has 0 saturated carbocycles. The molecule has 0 fully saturated rings. The zero-order chi connectivity index (χ0) is 9.56. The molecule has 1 nitrogen and oxygen atoms in total. The first-order valence-electron chi connectivity index (χ1n) is 3.76. The zero-order valence-electron chi connectivity index (χ0n) is 7.47. The largest absolute Gasteiger partial charge is 0.505 e. The molecule has 3 heteroatoms. The van der Waals surface area contributed by atoms with Crippen LogP contribution in [0.3, 0.4) is 0 Å². The topological polar surface area (TPSA) is 20.2 Å². The Bertz CT molecular complexity index is 238. The van der Waals surface area contributed by atoms with Crippen molar-refractivity contribution in [1.29, 1.82) is 0 Å². The normalized spacial score (nSPS) is 8.67. The first-order chi connectivity index (χ1) is 5.74. The van der Waals surface area contributed by atoms with E-state index in [1.165, 1.54) is 23.9 Å².